The first-order valence-corrected chi connectivity index (χ1v) is 11.0. The van der Waals surface area contributed by atoms with Crippen LogP contribution >= 0.6 is 15.9 Å². The predicted octanol–water partition coefficient (Wildman–Crippen LogP) is 5.91. The summed E-state index contributed by atoms with van der Waals surface area (Å²) in [6.07, 6.45) is 4.11. The Kier molecular flexibility index (Phi) is 6.33. The van der Waals surface area contributed by atoms with Gasteiger partial charge in [-0.25, -0.2) is 5.01 Å². The van der Waals surface area contributed by atoms with Crippen LogP contribution in [0.25, 0.3) is 6.08 Å². The minimum Gasteiger partial charge on any atom is -0.378 e. The van der Waals surface area contributed by atoms with E-state index < -0.39 is 0 Å². The molecule has 0 N–H and O–H groups in total. The number of hydrogen-bond acceptors (Lipinski definition) is 3. The van der Waals surface area contributed by atoms with Crippen molar-refractivity contribution in [3.8, 4) is 0 Å². The van der Waals surface area contributed by atoms with Crippen molar-refractivity contribution in [3.05, 3.63) is 106 Å². The molecule has 1 heterocycles. The Hall–Kier alpha value is -3.18. The van der Waals surface area contributed by atoms with E-state index in [1.54, 1.807) is 11.1 Å². The van der Waals surface area contributed by atoms with E-state index in [0.717, 1.165) is 32.6 Å². The quantitative estimate of drug-likeness (QED) is 0.432. The SMILES string of the molecule is CN(C)c1ccc(C2CC(c3ccc(Br)cc3)=NN2C(=O)/C=C/c2ccccc2)cc1. The lowest BCUT2D eigenvalue weighted by Gasteiger charge is -2.22. The van der Waals surface area contributed by atoms with Gasteiger partial charge in [-0.3, -0.25) is 4.79 Å². The lowest BCUT2D eigenvalue weighted by molar-refractivity contribution is -0.127. The summed E-state index contributed by atoms with van der Waals surface area (Å²) in [6.45, 7) is 0. The number of hydrogen-bond donors (Lipinski definition) is 0. The highest BCUT2D eigenvalue weighted by molar-refractivity contribution is 9.10. The predicted molar refractivity (Wildman–Crippen MR) is 131 cm³/mol. The van der Waals surface area contributed by atoms with E-state index in [2.05, 4.69) is 45.1 Å². The number of nitrogens with zero attached hydrogens (tertiary/aromatic N) is 3. The van der Waals surface area contributed by atoms with Gasteiger partial charge in [0.15, 0.2) is 0 Å². The van der Waals surface area contributed by atoms with Crippen molar-refractivity contribution in [2.24, 2.45) is 5.10 Å². The molecule has 0 bridgehead atoms. The lowest BCUT2D eigenvalue weighted by atomic mass is 9.98. The Balaban J connectivity index is 1.64. The van der Waals surface area contributed by atoms with Crippen molar-refractivity contribution in [3.63, 3.8) is 0 Å². The number of amides is 1. The minimum atomic E-state index is -0.136. The maximum absolute atomic E-state index is 13.1. The summed E-state index contributed by atoms with van der Waals surface area (Å²) in [6, 6.07) is 26.1. The summed E-state index contributed by atoms with van der Waals surface area (Å²) < 4.78 is 1.02. The fraction of sp³-hybridized carbons (Fsp3) is 0.154. The fourth-order valence-electron chi connectivity index (χ4n) is 3.59. The first-order chi connectivity index (χ1) is 15.0. The Morgan fingerprint density at radius 1 is 1.00 bits per heavy atom. The van der Waals surface area contributed by atoms with E-state index in [1.165, 1.54) is 0 Å². The molecule has 0 saturated heterocycles. The van der Waals surface area contributed by atoms with Crippen molar-refractivity contribution in [1.82, 2.24) is 5.01 Å². The van der Waals surface area contributed by atoms with Crippen molar-refractivity contribution >= 4 is 39.3 Å². The second-order valence-corrected chi connectivity index (χ2v) is 8.60. The third-order valence-corrected chi connectivity index (χ3v) is 5.85. The van der Waals surface area contributed by atoms with Gasteiger partial charge in [0.2, 0.25) is 0 Å². The maximum Gasteiger partial charge on any atom is 0.267 e. The van der Waals surface area contributed by atoms with Crippen LogP contribution in [-0.2, 0) is 4.79 Å². The zero-order valence-corrected chi connectivity index (χ0v) is 19.2. The summed E-state index contributed by atoms with van der Waals surface area (Å²) in [7, 11) is 4.03. The summed E-state index contributed by atoms with van der Waals surface area (Å²) in [4.78, 5) is 15.2. The molecule has 0 radical (unpaired) electrons. The molecule has 0 saturated carbocycles. The van der Waals surface area contributed by atoms with E-state index in [9.17, 15) is 4.79 Å². The first-order valence-electron chi connectivity index (χ1n) is 10.2. The average molecular weight is 474 g/mol. The molecule has 1 aliphatic rings. The summed E-state index contributed by atoms with van der Waals surface area (Å²) in [5.74, 6) is -0.127. The van der Waals surface area contributed by atoms with E-state index in [4.69, 9.17) is 5.10 Å². The Morgan fingerprint density at radius 3 is 2.32 bits per heavy atom. The number of carbonyl (C=O) groups excluding carboxylic acids is 1. The van der Waals surface area contributed by atoms with Gasteiger partial charge in [0.25, 0.3) is 5.91 Å². The Morgan fingerprint density at radius 2 is 1.68 bits per heavy atom. The molecule has 31 heavy (non-hydrogen) atoms. The highest BCUT2D eigenvalue weighted by atomic mass is 79.9. The average Bonchev–Trinajstić information content (AvgIpc) is 3.24. The zero-order chi connectivity index (χ0) is 21.8. The van der Waals surface area contributed by atoms with Crippen LogP contribution in [0.5, 0.6) is 0 Å². The highest BCUT2D eigenvalue weighted by Gasteiger charge is 2.32. The largest absolute Gasteiger partial charge is 0.378 e. The summed E-state index contributed by atoms with van der Waals surface area (Å²) in [5, 5.41) is 6.35. The number of halogens is 1. The van der Waals surface area contributed by atoms with Crippen LogP contribution in [0.15, 0.2) is 94.5 Å². The molecule has 0 spiro atoms. The summed E-state index contributed by atoms with van der Waals surface area (Å²) >= 11 is 3.48. The molecule has 0 aliphatic carbocycles. The van der Waals surface area contributed by atoms with Gasteiger partial charge >= 0.3 is 0 Å². The lowest BCUT2D eigenvalue weighted by Crippen LogP contribution is -2.25. The summed E-state index contributed by atoms with van der Waals surface area (Å²) in [5.41, 5.74) is 5.12. The number of benzene rings is 3. The standard InChI is InChI=1S/C26H24BrN3O/c1-29(2)23-15-11-21(12-16-23)25-18-24(20-9-13-22(27)14-10-20)28-30(25)26(31)17-8-19-6-4-3-5-7-19/h3-17,25H,18H2,1-2H3/b17-8+. The van der Waals surface area contributed by atoms with Crippen LogP contribution in [0.1, 0.15) is 29.2 Å². The molecular formula is C26H24BrN3O. The van der Waals surface area contributed by atoms with E-state index >= 15 is 0 Å². The third kappa shape index (κ3) is 4.94. The number of rotatable bonds is 5. The molecule has 1 amide bonds. The van der Waals surface area contributed by atoms with Crippen molar-refractivity contribution in [1.29, 1.82) is 0 Å². The maximum atomic E-state index is 13.1. The Labute approximate surface area is 191 Å². The van der Waals surface area contributed by atoms with Crippen molar-refractivity contribution in [2.45, 2.75) is 12.5 Å². The van der Waals surface area contributed by atoms with Gasteiger partial charge in [-0.05, 0) is 47.0 Å². The van der Waals surface area contributed by atoms with Gasteiger partial charge in [0.05, 0.1) is 11.8 Å². The number of carbonyl (C=O) groups is 1. The van der Waals surface area contributed by atoms with Crippen molar-refractivity contribution in [2.75, 3.05) is 19.0 Å². The fourth-order valence-corrected chi connectivity index (χ4v) is 3.86. The number of hydrazone groups is 1. The molecule has 1 unspecified atom stereocenters. The van der Waals surface area contributed by atoms with Crippen LogP contribution in [0.2, 0.25) is 0 Å². The van der Waals surface area contributed by atoms with Gasteiger partial charge in [0, 0.05) is 36.8 Å². The van der Waals surface area contributed by atoms with Crippen LogP contribution in [0.3, 0.4) is 0 Å². The van der Waals surface area contributed by atoms with Crippen LogP contribution < -0.4 is 4.90 Å². The third-order valence-electron chi connectivity index (χ3n) is 5.33. The molecule has 1 atom stereocenters. The Bertz CT molecular complexity index is 1100. The minimum absolute atomic E-state index is 0.127. The molecule has 0 aromatic heterocycles. The molecule has 3 aromatic carbocycles. The molecule has 5 heteroatoms. The first kappa shape index (κ1) is 21.1. The van der Waals surface area contributed by atoms with Gasteiger partial charge in [-0.2, -0.15) is 5.10 Å². The van der Waals surface area contributed by atoms with E-state index in [-0.39, 0.29) is 11.9 Å². The normalized spacial score (nSPS) is 15.9. The molecule has 4 rings (SSSR count). The monoisotopic (exact) mass is 473 g/mol. The smallest absolute Gasteiger partial charge is 0.267 e. The van der Waals surface area contributed by atoms with Crippen LogP contribution in [-0.4, -0.2) is 30.7 Å². The molecular weight excluding hydrogens is 450 g/mol. The van der Waals surface area contributed by atoms with Crippen LogP contribution in [0, 0.1) is 0 Å². The van der Waals surface area contributed by atoms with E-state index in [1.807, 2.05) is 74.8 Å². The van der Waals surface area contributed by atoms with Gasteiger partial charge < -0.3 is 4.90 Å². The number of anilines is 1. The van der Waals surface area contributed by atoms with Gasteiger partial charge in [-0.15, -0.1) is 0 Å². The topological polar surface area (TPSA) is 35.9 Å². The van der Waals surface area contributed by atoms with Crippen molar-refractivity contribution < 1.29 is 4.79 Å². The molecule has 156 valence electrons. The van der Waals surface area contributed by atoms with Gasteiger partial charge in [0.1, 0.15) is 0 Å². The van der Waals surface area contributed by atoms with Gasteiger partial charge in [-0.1, -0.05) is 70.5 Å². The second-order valence-electron chi connectivity index (χ2n) is 7.69. The second kappa shape index (κ2) is 9.31. The molecule has 1 aliphatic heterocycles. The zero-order valence-electron chi connectivity index (χ0n) is 17.6. The highest BCUT2D eigenvalue weighted by Crippen LogP contribution is 2.34. The molecule has 4 nitrogen and oxygen atoms in total. The van der Waals surface area contributed by atoms with E-state index in [0.29, 0.717) is 6.42 Å². The molecule has 3 aromatic rings. The van der Waals surface area contributed by atoms with Crippen LogP contribution in [0.4, 0.5) is 5.69 Å². The molecule has 0 fully saturated rings.